The van der Waals surface area contributed by atoms with Crippen LogP contribution in [0, 0.1) is 25.7 Å². The second-order valence-corrected chi connectivity index (χ2v) is 13.6. The molecule has 3 heteroatoms. The summed E-state index contributed by atoms with van der Waals surface area (Å²) in [4.78, 5) is 0. The molecule has 1 unspecified atom stereocenters. The smallest absolute Gasteiger partial charge is 0.0860 e. The minimum Gasteiger partial charge on any atom is -0.393 e. The second kappa shape index (κ2) is 20.2. The lowest BCUT2D eigenvalue weighted by Gasteiger charge is -2.28. The molecule has 0 aliphatic rings. The van der Waals surface area contributed by atoms with E-state index in [0.29, 0.717) is 13.2 Å². The zero-order valence-electron chi connectivity index (χ0n) is 30.8. The van der Waals surface area contributed by atoms with Crippen molar-refractivity contribution in [3.63, 3.8) is 0 Å². The van der Waals surface area contributed by atoms with Crippen molar-refractivity contribution in [1.82, 2.24) is 0 Å². The number of aliphatic hydroxyl groups excluding tert-OH is 1. The van der Waals surface area contributed by atoms with Gasteiger partial charge in [-0.3, -0.25) is 0 Å². The van der Waals surface area contributed by atoms with E-state index in [2.05, 4.69) is 113 Å². The zero-order valence-corrected chi connectivity index (χ0v) is 30.8. The minimum absolute atomic E-state index is 0.00351. The third-order valence-electron chi connectivity index (χ3n) is 7.72. The Bertz CT molecular complexity index is 1190. The molecule has 0 amide bonds. The summed E-state index contributed by atoms with van der Waals surface area (Å²) in [5, 5.41) is 14.6. The molecule has 246 valence electrons. The molecule has 1 N–H and O–H groups in total. The average molecular weight is 597 g/mol. The van der Waals surface area contributed by atoms with Crippen LogP contribution in [0.25, 0.3) is 21.5 Å². The molecule has 0 radical (unpaired) electrons. The molecule has 3 aromatic rings. The lowest BCUT2D eigenvalue weighted by Crippen LogP contribution is -2.28. The van der Waals surface area contributed by atoms with Crippen LogP contribution >= 0.6 is 0 Å². The summed E-state index contributed by atoms with van der Waals surface area (Å²) in [7, 11) is 0. The Morgan fingerprint density at radius 2 is 1.09 bits per heavy atom. The number of ether oxygens (including phenoxy) is 2. The fraction of sp³-hybridized carbons (Fsp3) is 0.650. The Hall–Kier alpha value is -1.94. The monoisotopic (exact) mass is 597 g/mol. The summed E-state index contributed by atoms with van der Waals surface area (Å²) in [6.45, 7) is 33.2. The van der Waals surface area contributed by atoms with E-state index < -0.39 is 5.60 Å². The molecule has 3 aromatic carbocycles. The topological polar surface area (TPSA) is 38.7 Å². The predicted octanol–water partition coefficient (Wildman–Crippen LogP) is 12.1. The summed E-state index contributed by atoms with van der Waals surface area (Å²) in [5.74, 6) is 1.72. The lowest BCUT2D eigenvalue weighted by atomic mass is 9.91. The third kappa shape index (κ3) is 14.1. The van der Waals surface area contributed by atoms with Gasteiger partial charge in [0.25, 0.3) is 0 Å². The number of rotatable bonds is 11. The normalized spacial score (nSPS) is 12.7. The van der Waals surface area contributed by atoms with Crippen LogP contribution in [0.1, 0.15) is 138 Å². The quantitative estimate of drug-likeness (QED) is 0.224. The van der Waals surface area contributed by atoms with Gasteiger partial charge in [-0.15, -0.1) is 0 Å². The van der Waals surface area contributed by atoms with Gasteiger partial charge in [-0.1, -0.05) is 106 Å². The summed E-state index contributed by atoms with van der Waals surface area (Å²) in [6, 6.07) is 13.3. The van der Waals surface area contributed by atoms with Crippen molar-refractivity contribution >= 4 is 21.5 Å². The molecular formula is C40H68O3. The van der Waals surface area contributed by atoms with Crippen LogP contribution in [0.5, 0.6) is 0 Å². The van der Waals surface area contributed by atoms with Crippen molar-refractivity contribution in [3.05, 3.63) is 58.7 Å². The van der Waals surface area contributed by atoms with E-state index >= 15 is 0 Å². The Morgan fingerprint density at radius 1 is 0.698 bits per heavy atom. The van der Waals surface area contributed by atoms with Gasteiger partial charge in [0, 0.05) is 0 Å². The highest BCUT2D eigenvalue weighted by molar-refractivity contribution is 6.05. The van der Waals surface area contributed by atoms with E-state index in [4.69, 9.17) is 9.47 Å². The Labute approximate surface area is 266 Å². The number of hydrogen-bond acceptors (Lipinski definition) is 3. The predicted molar refractivity (Wildman–Crippen MR) is 192 cm³/mol. The van der Waals surface area contributed by atoms with Crippen LogP contribution in [-0.2, 0) is 22.7 Å². The highest BCUT2D eigenvalue weighted by atomic mass is 16.5. The zero-order chi connectivity index (χ0) is 33.4. The molecular weight excluding hydrogens is 528 g/mol. The Balaban J connectivity index is 0.00000138. The fourth-order valence-electron chi connectivity index (χ4n) is 4.39. The summed E-state index contributed by atoms with van der Waals surface area (Å²) < 4.78 is 12.3. The molecule has 0 saturated carbocycles. The summed E-state index contributed by atoms with van der Waals surface area (Å²) >= 11 is 0. The van der Waals surface area contributed by atoms with Crippen molar-refractivity contribution in [2.24, 2.45) is 11.8 Å². The van der Waals surface area contributed by atoms with Crippen LogP contribution in [0.2, 0.25) is 0 Å². The van der Waals surface area contributed by atoms with E-state index in [-0.39, 0.29) is 12.2 Å². The summed E-state index contributed by atoms with van der Waals surface area (Å²) in [6.07, 6.45) is 4.54. The van der Waals surface area contributed by atoms with Gasteiger partial charge in [0.15, 0.2) is 0 Å². The first-order valence-electron chi connectivity index (χ1n) is 17.0. The number of fused-ring (bicyclic) bond motifs is 2. The first-order chi connectivity index (χ1) is 20.1. The van der Waals surface area contributed by atoms with Crippen molar-refractivity contribution in [2.45, 2.75) is 154 Å². The minimum atomic E-state index is -0.539. The Kier molecular flexibility index (Phi) is 19.3. The van der Waals surface area contributed by atoms with Gasteiger partial charge < -0.3 is 14.6 Å². The first-order valence-corrected chi connectivity index (χ1v) is 17.0. The molecule has 0 aliphatic carbocycles. The highest BCUT2D eigenvalue weighted by Gasteiger charge is 2.22. The second-order valence-electron chi connectivity index (χ2n) is 13.6. The van der Waals surface area contributed by atoms with Crippen LogP contribution in [0.15, 0.2) is 36.4 Å². The van der Waals surface area contributed by atoms with Crippen molar-refractivity contribution in [3.8, 4) is 0 Å². The number of aliphatic hydroxyl groups is 1. The molecule has 0 heterocycles. The van der Waals surface area contributed by atoms with Crippen molar-refractivity contribution < 1.29 is 14.6 Å². The van der Waals surface area contributed by atoms with E-state index in [1.54, 1.807) is 0 Å². The van der Waals surface area contributed by atoms with Crippen molar-refractivity contribution in [1.29, 1.82) is 0 Å². The standard InChI is InChI=1S/C29H40O3.C5H12.C4H10.C2H6/c1-8-14-29(7,9-2)32-18-23-11-13-25-20(3)24-12-10-22(17-31-28(5,6)19-30)15-26(24)21(4)27(25)16-23;1-4-5(2)3;1-4(2)3;1-2/h10-13,15-16,30H,8-9,14,17-19H2,1-7H3;5H,4H2,1-3H3;4H,1-3H3;1-2H3. The van der Waals surface area contributed by atoms with Crippen molar-refractivity contribution in [2.75, 3.05) is 6.61 Å². The molecule has 0 spiro atoms. The van der Waals surface area contributed by atoms with Gasteiger partial charge in [-0.2, -0.15) is 0 Å². The molecule has 0 bridgehead atoms. The first kappa shape index (κ1) is 41.1. The van der Waals surface area contributed by atoms with Gasteiger partial charge >= 0.3 is 0 Å². The molecule has 0 aromatic heterocycles. The van der Waals surface area contributed by atoms with Crippen LogP contribution in [0.4, 0.5) is 0 Å². The van der Waals surface area contributed by atoms with E-state index in [1.807, 2.05) is 27.7 Å². The van der Waals surface area contributed by atoms with E-state index in [9.17, 15) is 5.11 Å². The number of benzene rings is 3. The van der Waals surface area contributed by atoms with Gasteiger partial charge in [0.1, 0.15) is 0 Å². The fourth-order valence-corrected chi connectivity index (χ4v) is 4.39. The maximum Gasteiger partial charge on any atom is 0.0860 e. The molecule has 3 nitrogen and oxygen atoms in total. The summed E-state index contributed by atoms with van der Waals surface area (Å²) in [5.41, 5.74) is 4.34. The molecule has 1 atom stereocenters. The largest absolute Gasteiger partial charge is 0.393 e. The number of hydrogen-bond donors (Lipinski definition) is 1. The van der Waals surface area contributed by atoms with Gasteiger partial charge in [-0.25, -0.2) is 0 Å². The van der Waals surface area contributed by atoms with Crippen LogP contribution < -0.4 is 0 Å². The molecule has 0 saturated heterocycles. The number of aryl methyl sites for hydroxylation is 2. The van der Waals surface area contributed by atoms with Crippen LogP contribution in [0.3, 0.4) is 0 Å². The third-order valence-corrected chi connectivity index (χ3v) is 7.72. The molecule has 43 heavy (non-hydrogen) atoms. The molecule has 0 aliphatic heterocycles. The average Bonchev–Trinajstić information content (AvgIpc) is 2.99. The molecule has 0 fully saturated rings. The van der Waals surface area contributed by atoms with Gasteiger partial charge in [-0.05, 0) is 115 Å². The maximum absolute atomic E-state index is 9.47. The van der Waals surface area contributed by atoms with E-state index in [0.717, 1.165) is 36.7 Å². The maximum atomic E-state index is 9.47. The molecule has 3 rings (SSSR count). The van der Waals surface area contributed by atoms with Gasteiger partial charge in [0.05, 0.1) is 31.0 Å². The highest BCUT2D eigenvalue weighted by Crippen LogP contribution is 2.34. The van der Waals surface area contributed by atoms with E-state index in [1.165, 1.54) is 44.7 Å². The Morgan fingerprint density at radius 3 is 1.44 bits per heavy atom. The lowest BCUT2D eigenvalue weighted by molar-refractivity contribution is -0.0632. The SMILES string of the molecule is CC.CC(C)C.CCC(C)C.CCCC(C)(CC)OCc1ccc2c(C)c3ccc(COC(C)(C)CO)cc3c(C)c2c1. The van der Waals surface area contributed by atoms with Gasteiger partial charge in [0.2, 0.25) is 0 Å². The van der Waals surface area contributed by atoms with Crippen LogP contribution in [-0.4, -0.2) is 22.9 Å².